The maximum absolute atomic E-state index is 8.77. The van der Waals surface area contributed by atoms with Crippen LogP contribution >= 0.6 is 0 Å². The third kappa shape index (κ3) is 5.92. The molecule has 0 aromatic heterocycles. The molecule has 0 aliphatic carbocycles. The number of rotatable bonds is 8. The summed E-state index contributed by atoms with van der Waals surface area (Å²) >= 11 is 0. The van der Waals surface area contributed by atoms with Gasteiger partial charge < -0.3 is 10.1 Å². The van der Waals surface area contributed by atoms with Gasteiger partial charge in [0, 0.05) is 19.7 Å². The number of ether oxygens (including phenoxy) is 1. The van der Waals surface area contributed by atoms with Gasteiger partial charge in [-0.15, -0.1) is 0 Å². The molecule has 0 aliphatic heterocycles. The average Bonchev–Trinajstić information content (AvgIpc) is 2.23. The Hall–Kier alpha value is -0.630. The highest BCUT2D eigenvalue weighted by Gasteiger charge is 2.09. The molecule has 0 aromatic carbocycles. The monoisotopic (exact) mass is 199 g/mol. The van der Waals surface area contributed by atoms with Crippen LogP contribution in [0.5, 0.6) is 0 Å². The van der Waals surface area contributed by atoms with Gasteiger partial charge in [-0.25, -0.2) is 0 Å². The molecular weight excluding hydrogens is 178 g/mol. The van der Waals surface area contributed by atoms with Crippen LogP contribution in [0.25, 0.3) is 0 Å². The van der Waals surface area contributed by atoms with E-state index in [4.69, 9.17) is 10.00 Å². The van der Waals surface area contributed by atoms with Crippen molar-refractivity contribution in [3.8, 4) is 6.07 Å². The van der Waals surface area contributed by atoms with Crippen LogP contribution in [0.1, 0.15) is 13.8 Å². The maximum atomic E-state index is 8.77. The van der Waals surface area contributed by atoms with E-state index in [1.807, 2.05) is 14.0 Å². The number of nitrogens with one attached hydrogen (secondary N) is 1. The van der Waals surface area contributed by atoms with Gasteiger partial charge in [0.25, 0.3) is 0 Å². The second-order valence-electron chi connectivity index (χ2n) is 3.06. The predicted molar refractivity (Wildman–Crippen MR) is 57.1 cm³/mol. The van der Waals surface area contributed by atoms with E-state index in [0.29, 0.717) is 0 Å². The van der Waals surface area contributed by atoms with Crippen molar-refractivity contribution in [1.82, 2.24) is 10.2 Å². The van der Waals surface area contributed by atoms with Crippen LogP contribution in [-0.2, 0) is 4.74 Å². The lowest BCUT2D eigenvalue weighted by Gasteiger charge is -2.22. The molecule has 0 rings (SSSR count). The third-order valence-electron chi connectivity index (χ3n) is 2.15. The molecule has 0 aliphatic rings. The fraction of sp³-hybridized carbons (Fsp3) is 0.900. The number of likely N-dealkylation sites (N-methyl/N-ethyl adjacent to an activating group) is 2. The van der Waals surface area contributed by atoms with E-state index in [9.17, 15) is 0 Å². The summed E-state index contributed by atoms with van der Waals surface area (Å²) in [5.41, 5.74) is 0. The summed E-state index contributed by atoms with van der Waals surface area (Å²) in [4.78, 5) is 2.21. The Bertz CT molecular complexity index is 167. The van der Waals surface area contributed by atoms with Crippen molar-refractivity contribution < 1.29 is 4.74 Å². The SMILES string of the molecule is CCOCCN(CC)CC(C#N)NC. The quantitative estimate of drug-likeness (QED) is 0.577. The summed E-state index contributed by atoms with van der Waals surface area (Å²) < 4.78 is 5.27. The molecule has 0 fully saturated rings. The molecule has 0 spiro atoms. The molecule has 4 heteroatoms. The van der Waals surface area contributed by atoms with Gasteiger partial charge in [0.15, 0.2) is 0 Å². The minimum Gasteiger partial charge on any atom is -0.380 e. The molecule has 0 saturated heterocycles. The predicted octanol–water partition coefficient (Wildman–Crippen LogP) is 0.456. The van der Waals surface area contributed by atoms with Crippen molar-refractivity contribution >= 4 is 0 Å². The van der Waals surface area contributed by atoms with Crippen molar-refractivity contribution in [3.05, 3.63) is 0 Å². The molecule has 0 radical (unpaired) electrons. The van der Waals surface area contributed by atoms with Crippen molar-refractivity contribution in [2.75, 3.05) is 39.9 Å². The fourth-order valence-electron chi connectivity index (χ4n) is 1.17. The van der Waals surface area contributed by atoms with E-state index < -0.39 is 0 Å². The summed E-state index contributed by atoms with van der Waals surface area (Å²) in [5, 5.41) is 11.7. The van der Waals surface area contributed by atoms with Crippen LogP contribution in [0.3, 0.4) is 0 Å². The summed E-state index contributed by atoms with van der Waals surface area (Å²) in [6.07, 6.45) is 0. The summed E-state index contributed by atoms with van der Waals surface area (Å²) in [6.45, 7) is 8.18. The second-order valence-corrected chi connectivity index (χ2v) is 3.06. The Morgan fingerprint density at radius 1 is 1.50 bits per heavy atom. The lowest BCUT2D eigenvalue weighted by atomic mass is 10.3. The first kappa shape index (κ1) is 13.4. The van der Waals surface area contributed by atoms with Crippen LogP contribution in [-0.4, -0.2) is 50.8 Å². The van der Waals surface area contributed by atoms with Crippen LogP contribution in [0.15, 0.2) is 0 Å². The average molecular weight is 199 g/mol. The summed E-state index contributed by atoms with van der Waals surface area (Å²) in [5.74, 6) is 0. The van der Waals surface area contributed by atoms with Crippen LogP contribution in [0.4, 0.5) is 0 Å². The van der Waals surface area contributed by atoms with Gasteiger partial charge in [-0.1, -0.05) is 6.92 Å². The van der Waals surface area contributed by atoms with Crippen LogP contribution in [0, 0.1) is 11.3 Å². The van der Waals surface area contributed by atoms with E-state index in [-0.39, 0.29) is 6.04 Å². The molecule has 1 atom stereocenters. The Labute approximate surface area is 86.8 Å². The highest BCUT2D eigenvalue weighted by molar-refractivity contribution is 4.90. The first-order valence-electron chi connectivity index (χ1n) is 5.15. The van der Waals surface area contributed by atoms with Crippen molar-refractivity contribution in [2.24, 2.45) is 0 Å². The highest BCUT2D eigenvalue weighted by Crippen LogP contribution is 1.92. The van der Waals surface area contributed by atoms with Crippen molar-refractivity contribution in [3.63, 3.8) is 0 Å². The van der Waals surface area contributed by atoms with E-state index >= 15 is 0 Å². The Morgan fingerprint density at radius 2 is 2.21 bits per heavy atom. The molecule has 1 unspecified atom stereocenters. The lowest BCUT2D eigenvalue weighted by Crippen LogP contribution is -2.40. The Balaban J connectivity index is 3.72. The normalized spacial score (nSPS) is 12.8. The van der Waals surface area contributed by atoms with Gasteiger partial charge in [0.1, 0.15) is 6.04 Å². The van der Waals surface area contributed by atoms with Gasteiger partial charge in [-0.05, 0) is 20.5 Å². The first-order valence-corrected chi connectivity index (χ1v) is 5.15. The molecule has 4 nitrogen and oxygen atoms in total. The maximum Gasteiger partial charge on any atom is 0.108 e. The largest absolute Gasteiger partial charge is 0.380 e. The fourth-order valence-corrected chi connectivity index (χ4v) is 1.17. The number of hydrogen-bond acceptors (Lipinski definition) is 4. The van der Waals surface area contributed by atoms with Crippen molar-refractivity contribution in [1.29, 1.82) is 5.26 Å². The van der Waals surface area contributed by atoms with Crippen LogP contribution in [0.2, 0.25) is 0 Å². The molecule has 1 N–H and O–H groups in total. The summed E-state index contributed by atoms with van der Waals surface area (Å²) in [7, 11) is 1.81. The van der Waals surface area contributed by atoms with E-state index in [1.165, 1.54) is 0 Å². The molecular formula is C10H21N3O. The van der Waals surface area contributed by atoms with E-state index in [1.54, 1.807) is 0 Å². The number of nitrogens with zero attached hydrogens (tertiary/aromatic N) is 2. The number of nitriles is 1. The lowest BCUT2D eigenvalue weighted by molar-refractivity contribution is 0.113. The van der Waals surface area contributed by atoms with E-state index in [2.05, 4.69) is 23.2 Å². The number of hydrogen-bond donors (Lipinski definition) is 1. The molecule has 0 amide bonds. The van der Waals surface area contributed by atoms with Gasteiger partial charge in [0.2, 0.25) is 0 Å². The molecule has 0 heterocycles. The van der Waals surface area contributed by atoms with Gasteiger partial charge in [-0.2, -0.15) is 5.26 Å². The van der Waals surface area contributed by atoms with Crippen LogP contribution < -0.4 is 5.32 Å². The zero-order chi connectivity index (χ0) is 10.8. The topological polar surface area (TPSA) is 48.3 Å². The highest BCUT2D eigenvalue weighted by atomic mass is 16.5. The van der Waals surface area contributed by atoms with Gasteiger partial charge in [-0.3, -0.25) is 4.90 Å². The first-order chi connectivity index (χ1) is 6.78. The molecule has 0 bridgehead atoms. The minimum atomic E-state index is -0.0865. The zero-order valence-electron chi connectivity index (χ0n) is 9.42. The molecule has 82 valence electrons. The van der Waals surface area contributed by atoms with Crippen molar-refractivity contribution in [2.45, 2.75) is 19.9 Å². The second kappa shape index (κ2) is 8.95. The minimum absolute atomic E-state index is 0.0865. The summed E-state index contributed by atoms with van der Waals surface area (Å²) in [6, 6.07) is 2.13. The molecule has 14 heavy (non-hydrogen) atoms. The Morgan fingerprint density at radius 3 is 2.64 bits per heavy atom. The standard InChI is InChI=1S/C10H21N3O/c1-4-13(6-7-14-5-2)9-10(8-11)12-3/h10,12H,4-7,9H2,1-3H3. The van der Waals surface area contributed by atoms with Gasteiger partial charge >= 0.3 is 0 Å². The smallest absolute Gasteiger partial charge is 0.108 e. The molecule has 0 saturated carbocycles. The van der Waals surface area contributed by atoms with E-state index in [0.717, 1.165) is 32.8 Å². The molecule has 0 aromatic rings. The Kier molecular flexibility index (Phi) is 8.54. The third-order valence-corrected chi connectivity index (χ3v) is 2.15. The van der Waals surface area contributed by atoms with Gasteiger partial charge in [0.05, 0.1) is 12.7 Å². The zero-order valence-corrected chi connectivity index (χ0v) is 9.42.